The summed E-state index contributed by atoms with van der Waals surface area (Å²) in [6.45, 7) is 1.91. The van der Waals surface area contributed by atoms with Gasteiger partial charge < -0.3 is 0 Å². The molecule has 0 spiro atoms. The first-order valence-electron chi connectivity index (χ1n) is 5.46. The highest BCUT2D eigenvalue weighted by molar-refractivity contribution is 6.31. The van der Waals surface area contributed by atoms with Gasteiger partial charge in [0.05, 0.1) is 0 Å². The van der Waals surface area contributed by atoms with Crippen LogP contribution in [0.3, 0.4) is 0 Å². The number of carbonyl (C=O) groups is 1. The summed E-state index contributed by atoms with van der Waals surface area (Å²) < 4.78 is 13.4. The van der Waals surface area contributed by atoms with Crippen molar-refractivity contribution in [2.75, 3.05) is 0 Å². The van der Waals surface area contributed by atoms with Crippen LogP contribution in [0.4, 0.5) is 4.39 Å². The third-order valence-corrected chi connectivity index (χ3v) is 2.93. The molecule has 2 rings (SSSR count). The fourth-order valence-electron chi connectivity index (χ4n) is 1.64. The number of hydrogen-bond acceptors (Lipinski definition) is 2. The van der Waals surface area contributed by atoms with E-state index in [2.05, 4.69) is 4.98 Å². The van der Waals surface area contributed by atoms with E-state index < -0.39 is 5.82 Å². The first kappa shape index (κ1) is 12.7. The molecule has 0 saturated carbocycles. The Balaban J connectivity index is 2.24. The van der Waals surface area contributed by atoms with Gasteiger partial charge in [-0.15, -0.1) is 0 Å². The van der Waals surface area contributed by atoms with Crippen molar-refractivity contribution in [3.05, 3.63) is 64.2 Å². The molecule has 0 amide bonds. The second kappa shape index (κ2) is 5.27. The van der Waals surface area contributed by atoms with Crippen LogP contribution in [0.25, 0.3) is 0 Å². The lowest BCUT2D eigenvalue weighted by Gasteiger charge is -2.05. The molecule has 2 aromatic rings. The van der Waals surface area contributed by atoms with Gasteiger partial charge in [0, 0.05) is 17.6 Å². The number of rotatable bonds is 3. The largest absolute Gasteiger partial charge is 0.292 e. The number of hydrogen-bond donors (Lipinski definition) is 0. The van der Waals surface area contributed by atoms with Crippen molar-refractivity contribution < 1.29 is 9.18 Å². The molecule has 1 heterocycles. The van der Waals surface area contributed by atoms with Crippen LogP contribution in [0.2, 0.25) is 5.02 Å². The molecule has 0 radical (unpaired) electrons. The average molecular weight is 264 g/mol. The van der Waals surface area contributed by atoms with Gasteiger partial charge in [-0.1, -0.05) is 23.7 Å². The van der Waals surface area contributed by atoms with Crippen molar-refractivity contribution >= 4 is 17.4 Å². The second-order valence-corrected chi connectivity index (χ2v) is 4.44. The standard InChI is InChI=1S/C14H11ClFNO/c1-9-4-5-10(11(15)7-9)8-13(18)14-12(16)3-2-6-17-14/h2-7H,8H2,1H3. The fraction of sp³-hybridized carbons (Fsp3) is 0.143. The lowest BCUT2D eigenvalue weighted by atomic mass is 10.0. The van der Waals surface area contributed by atoms with E-state index in [1.807, 2.05) is 13.0 Å². The third kappa shape index (κ3) is 2.74. The highest BCUT2D eigenvalue weighted by atomic mass is 35.5. The van der Waals surface area contributed by atoms with Crippen LogP contribution < -0.4 is 0 Å². The normalized spacial score (nSPS) is 10.4. The Labute approximate surface area is 109 Å². The third-order valence-electron chi connectivity index (χ3n) is 2.58. The number of halogens is 2. The van der Waals surface area contributed by atoms with E-state index in [-0.39, 0.29) is 17.9 Å². The predicted octanol–water partition coefficient (Wildman–Crippen LogP) is 3.61. The van der Waals surface area contributed by atoms with E-state index in [0.29, 0.717) is 10.6 Å². The molecule has 1 aromatic carbocycles. The van der Waals surface area contributed by atoms with Crippen molar-refractivity contribution in [3.63, 3.8) is 0 Å². The number of carbonyl (C=O) groups excluding carboxylic acids is 1. The Kier molecular flexibility index (Phi) is 3.72. The van der Waals surface area contributed by atoms with Gasteiger partial charge in [-0.2, -0.15) is 0 Å². The summed E-state index contributed by atoms with van der Waals surface area (Å²) in [5, 5.41) is 0.514. The maximum Gasteiger partial charge on any atom is 0.188 e. The van der Waals surface area contributed by atoms with Crippen molar-refractivity contribution in [1.29, 1.82) is 0 Å². The van der Waals surface area contributed by atoms with Crippen molar-refractivity contribution in [2.45, 2.75) is 13.3 Å². The Morgan fingerprint density at radius 2 is 2.17 bits per heavy atom. The predicted molar refractivity (Wildman–Crippen MR) is 68.4 cm³/mol. The minimum atomic E-state index is -0.606. The van der Waals surface area contributed by atoms with Gasteiger partial charge >= 0.3 is 0 Å². The number of aryl methyl sites for hydroxylation is 1. The molecular formula is C14H11ClFNO. The molecule has 0 atom stereocenters. The van der Waals surface area contributed by atoms with E-state index >= 15 is 0 Å². The first-order chi connectivity index (χ1) is 8.58. The molecule has 0 unspecified atom stereocenters. The fourth-order valence-corrected chi connectivity index (χ4v) is 1.95. The van der Waals surface area contributed by atoms with E-state index in [9.17, 15) is 9.18 Å². The number of ketones is 1. The molecule has 0 fully saturated rings. The van der Waals surface area contributed by atoms with Gasteiger partial charge in [-0.25, -0.2) is 4.39 Å². The lowest BCUT2D eigenvalue weighted by Crippen LogP contribution is -2.08. The zero-order valence-corrected chi connectivity index (χ0v) is 10.5. The van der Waals surface area contributed by atoms with Crippen LogP contribution in [0.5, 0.6) is 0 Å². The van der Waals surface area contributed by atoms with Crippen molar-refractivity contribution in [2.24, 2.45) is 0 Å². The molecule has 0 aliphatic rings. The summed E-state index contributed by atoms with van der Waals surface area (Å²) in [5.74, 6) is -0.982. The molecule has 0 saturated heterocycles. The van der Waals surface area contributed by atoms with Crippen molar-refractivity contribution in [1.82, 2.24) is 4.98 Å². The summed E-state index contributed by atoms with van der Waals surface area (Å²) >= 11 is 6.03. The summed E-state index contributed by atoms with van der Waals surface area (Å²) in [5.41, 5.74) is 1.55. The van der Waals surface area contributed by atoms with E-state index in [4.69, 9.17) is 11.6 Å². The van der Waals surface area contributed by atoms with Crippen molar-refractivity contribution in [3.8, 4) is 0 Å². The summed E-state index contributed by atoms with van der Waals surface area (Å²) in [7, 11) is 0. The Morgan fingerprint density at radius 1 is 1.39 bits per heavy atom. The summed E-state index contributed by atoms with van der Waals surface area (Å²) in [6.07, 6.45) is 1.44. The molecule has 18 heavy (non-hydrogen) atoms. The minimum Gasteiger partial charge on any atom is -0.292 e. The van der Waals surface area contributed by atoms with Crippen LogP contribution in [-0.2, 0) is 6.42 Å². The highest BCUT2D eigenvalue weighted by Gasteiger charge is 2.14. The molecule has 0 N–H and O–H groups in total. The number of aromatic nitrogens is 1. The van der Waals surface area contributed by atoms with E-state index in [1.165, 1.54) is 18.3 Å². The molecule has 0 bridgehead atoms. The van der Waals surface area contributed by atoms with Gasteiger partial charge in [0.2, 0.25) is 0 Å². The van der Waals surface area contributed by atoms with Gasteiger partial charge in [-0.3, -0.25) is 9.78 Å². The molecule has 0 aliphatic heterocycles. The van der Waals surface area contributed by atoms with Crippen LogP contribution in [0, 0.1) is 12.7 Å². The molecular weight excluding hydrogens is 253 g/mol. The molecule has 2 nitrogen and oxygen atoms in total. The Hall–Kier alpha value is -1.74. The monoisotopic (exact) mass is 263 g/mol. The van der Waals surface area contributed by atoms with Gasteiger partial charge in [0.1, 0.15) is 5.69 Å². The zero-order valence-electron chi connectivity index (χ0n) is 9.78. The topological polar surface area (TPSA) is 30.0 Å². The number of Topliss-reactive ketones (excluding diaryl/α,β-unsaturated/α-hetero) is 1. The maximum atomic E-state index is 13.4. The van der Waals surface area contributed by atoms with E-state index in [0.717, 1.165) is 5.56 Å². The van der Waals surface area contributed by atoms with Crippen LogP contribution in [0.1, 0.15) is 21.6 Å². The molecule has 0 aliphatic carbocycles. The minimum absolute atomic E-state index is 0.0487. The van der Waals surface area contributed by atoms with Crippen LogP contribution in [0.15, 0.2) is 36.5 Å². The lowest BCUT2D eigenvalue weighted by molar-refractivity contribution is 0.0984. The zero-order chi connectivity index (χ0) is 13.1. The van der Waals surface area contributed by atoms with Crippen LogP contribution in [-0.4, -0.2) is 10.8 Å². The van der Waals surface area contributed by atoms with Gasteiger partial charge in [0.15, 0.2) is 11.6 Å². The van der Waals surface area contributed by atoms with Crippen LogP contribution >= 0.6 is 11.6 Å². The smallest absolute Gasteiger partial charge is 0.188 e. The number of benzene rings is 1. The first-order valence-corrected chi connectivity index (χ1v) is 5.84. The average Bonchev–Trinajstić information content (AvgIpc) is 2.33. The maximum absolute atomic E-state index is 13.4. The molecule has 4 heteroatoms. The van der Waals surface area contributed by atoms with Gasteiger partial charge in [0.25, 0.3) is 0 Å². The molecule has 1 aromatic heterocycles. The number of nitrogens with zero attached hydrogens (tertiary/aromatic N) is 1. The molecule has 92 valence electrons. The SMILES string of the molecule is Cc1ccc(CC(=O)c2ncccc2F)c(Cl)c1. The van der Waals surface area contributed by atoms with Gasteiger partial charge in [-0.05, 0) is 36.2 Å². The quantitative estimate of drug-likeness (QED) is 0.792. The Morgan fingerprint density at radius 3 is 2.83 bits per heavy atom. The Bertz CT molecular complexity index is 598. The van der Waals surface area contributed by atoms with E-state index in [1.54, 1.807) is 12.1 Å². The highest BCUT2D eigenvalue weighted by Crippen LogP contribution is 2.19. The summed E-state index contributed by atoms with van der Waals surface area (Å²) in [4.78, 5) is 15.7. The summed E-state index contributed by atoms with van der Waals surface area (Å²) in [6, 6.07) is 8.08. The number of pyridine rings is 1. The second-order valence-electron chi connectivity index (χ2n) is 4.03.